The second kappa shape index (κ2) is 7.57. The van der Waals surface area contributed by atoms with Crippen molar-refractivity contribution in [1.82, 2.24) is 10.2 Å². The molecule has 0 saturated carbocycles. The second-order valence-corrected chi connectivity index (χ2v) is 6.39. The molecule has 1 aromatic carbocycles. The van der Waals surface area contributed by atoms with Crippen LogP contribution in [-0.4, -0.2) is 36.5 Å². The van der Waals surface area contributed by atoms with Crippen LogP contribution >= 0.6 is 0 Å². The molecule has 2 atom stereocenters. The molecule has 2 rings (SSSR count). The predicted octanol–water partition coefficient (Wildman–Crippen LogP) is 1.61. The minimum absolute atomic E-state index is 0.0218. The highest BCUT2D eigenvalue weighted by Gasteiger charge is 2.24. The van der Waals surface area contributed by atoms with Crippen molar-refractivity contribution in [2.24, 2.45) is 17.6 Å². The van der Waals surface area contributed by atoms with Crippen molar-refractivity contribution in [3.05, 3.63) is 35.9 Å². The van der Waals surface area contributed by atoms with Gasteiger partial charge in [0, 0.05) is 19.6 Å². The lowest BCUT2D eigenvalue weighted by molar-refractivity contribution is -0.123. The van der Waals surface area contributed by atoms with Gasteiger partial charge in [-0.05, 0) is 30.4 Å². The van der Waals surface area contributed by atoms with Crippen LogP contribution in [0.15, 0.2) is 30.3 Å². The summed E-state index contributed by atoms with van der Waals surface area (Å²) in [7, 11) is 0. The molecule has 1 aliphatic heterocycles. The lowest BCUT2D eigenvalue weighted by atomic mass is 10.0. The maximum absolute atomic E-state index is 11.9. The summed E-state index contributed by atoms with van der Waals surface area (Å²) in [4.78, 5) is 14.3. The number of amides is 1. The first-order valence-corrected chi connectivity index (χ1v) is 7.86. The molecule has 1 saturated heterocycles. The molecule has 0 spiro atoms. The summed E-state index contributed by atoms with van der Waals surface area (Å²) in [6.45, 7) is 7.84. The first-order valence-electron chi connectivity index (χ1n) is 7.86. The highest BCUT2D eigenvalue weighted by molar-refractivity contribution is 5.81. The molecular weight excluding hydrogens is 262 g/mol. The van der Waals surface area contributed by atoms with Crippen LogP contribution in [0.4, 0.5) is 0 Å². The molecule has 0 aromatic heterocycles. The lowest BCUT2D eigenvalue weighted by Gasteiger charge is -2.18. The zero-order chi connectivity index (χ0) is 15.2. The average molecular weight is 289 g/mol. The molecule has 0 aliphatic carbocycles. The van der Waals surface area contributed by atoms with Gasteiger partial charge in [-0.1, -0.05) is 44.2 Å². The summed E-state index contributed by atoms with van der Waals surface area (Å²) >= 11 is 0. The van der Waals surface area contributed by atoms with E-state index in [4.69, 9.17) is 5.73 Å². The third-order valence-electron chi connectivity index (χ3n) is 4.20. The quantitative estimate of drug-likeness (QED) is 0.836. The van der Waals surface area contributed by atoms with Crippen molar-refractivity contribution in [3.63, 3.8) is 0 Å². The van der Waals surface area contributed by atoms with Crippen molar-refractivity contribution in [2.75, 3.05) is 19.6 Å². The van der Waals surface area contributed by atoms with E-state index in [0.717, 1.165) is 32.6 Å². The van der Waals surface area contributed by atoms with Crippen LogP contribution in [0.5, 0.6) is 0 Å². The second-order valence-electron chi connectivity index (χ2n) is 6.39. The Bertz CT molecular complexity index is 447. The standard InChI is InChI=1S/C17H27N3O/c1-13(2)16(18)17(21)19-10-15-8-9-20(12-15)11-14-6-4-3-5-7-14/h3-7,13,15-16H,8-12,18H2,1-2H3,(H,19,21)/t15-,16-/m0/s1. The van der Waals surface area contributed by atoms with Gasteiger partial charge in [-0.15, -0.1) is 0 Å². The lowest BCUT2D eigenvalue weighted by Crippen LogP contribution is -2.45. The number of likely N-dealkylation sites (tertiary alicyclic amines) is 1. The van der Waals surface area contributed by atoms with Crippen molar-refractivity contribution in [1.29, 1.82) is 0 Å². The summed E-state index contributed by atoms with van der Waals surface area (Å²) in [5.74, 6) is 0.701. The number of nitrogens with two attached hydrogens (primary N) is 1. The van der Waals surface area contributed by atoms with Crippen LogP contribution in [0.1, 0.15) is 25.8 Å². The molecule has 4 nitrogen and oxygen atoms in total. The molecular formula is C17H27N3O. The number of benzene rings is 1. The van der Waals surface area contributed by atoms with Gasteiger partial charge in [-0.2, -0.15) is 0 Å². The van der Waals surface area contributed by atoms with Gasteiger partial charge in [-0.3, -0.25) is 9.69 Å². The van der Waals surface area contributed by atoms with E-state index in [1.165, 1.54) is 5.56 Å². The van der Waals surface area contributed by atoms with Crippen LogP contribution in [0.25, 0.3) is 0 Å². The number of rotatable bonds is 6. The molecule has 1 fully saturated rings. The summed E-state index contributed by atoms with van der Waals surface area (Å²) in [6, 6.07) is 10.1. The maximum Gasteiger partial charge on any atom is 0.237 e. The summed E-state index contributed by atoms with van der Waals surface area (Å²) in [5.41, 5.74) is 7.20. The predicted molar refractivity (Wildman–Crippen MR) is 85.6 cm³/mol. The minimum atomic E-state index is -0.396. The highest BCUT2D eigenvalue weighted by Crippen LogP contribution is 2.18. The van der Waals surface area contributed by atoms with Crippen molar-refractivity contribution in [2.45, 2.75) is 32.9 Å². The van der Waals surface area contributed by atoms with Gasteiger partial charge >= 0.3 is 0 Å². The van der Waals surface area contributed by atoms with Crippen LogP contribution in [0.3, 0.4) is 0 Å². The van der Waals surface area contributed by atoms with Gasteiger partial charge in [0.25, 0.3) is 0 Å². The fraction of sp³-hybridized carbons (Fsp3) is 0.588. The summed E-state index contributed by atoms with van der Waals surface area (Å²) < 4.78 is 0. The molecule has 21 heavy (non-hydrogen) atoms. The molecule has 0 bridgehead atoms. The van der Waals surface area contributed by atoms with Crippen LogP contribution in [0, 0.1) is 11.8 Å². The van der Waals surface area contributed by atoms with Crippen molar-refractivity contribution >= 4 is 5.91 Å². The normalized spacial score (nSPS) is 20.7. The largest absolute Gasteiger partial charge is 0.354 e. The fourth-order valence-corrected chi connectivity index (χ4v) is 2.73. The minimum Gasteiger partial charge on any atom is -0.354 e. The molecule has 3 N–H and O–H groups in total. The maximum atomic E-state index is 11.9. The molecule has 4 heteroatoms. The molecule has 1 aliphatic rings. The van der Waals surface area contributed by atoms with E-state index < -0.39 is 6.04 Å². The molecule has 0 radical (unpaired) electrons. The van der Waals surface area contributed by atoms with Gasteiger partial charge in [0.1, 0.15) is 0 Å². The number of hydrogen-bond donors (Lipinski definition) is 2. The Labute approximate surface area is 127 Å². The van der Waals surface area contributed by atoms with E-state index in [1.807, 2.05) is 19.9 Å². The summed E-state index contributed by atoms with van der Waals surface area (Å²) in [6.07, 6.45) is 1.14. The van der Waals surface area contributed by atoms with E-state index in [2.05, 4.69) is 34.5 Å². The molecule has 116 valence electrons. The van der Waals surface area contributed by atoms with Gasteiger partial charge < -0.3 is 11.1 Å². The highest BCUT2D eigenvalue weighted by atomic mass is 16.2. The topological polar surface area (TPSA) is 58.4 Å². The third-order valence-corrected chi connectivity index (χ3v) is 4.20. The van der Waals surface area contributed by atoms with E-state index in [1.54, 1.807) is 0 Å². The smallest absolute Gasteiger partial charge is 0.237 e. The monoisotopic (exact) mass is 289 g/mol. The van der Waals surface area contributed by atoms with Crippen LogP contribution in [-0.2, 0) is 11.3 Å². The number of carbonyl (C=O) groups excluding carboxylic acids is 1. The Kier molecular flexibility index (Phi) is 5.76. The van der Waals surface area contributed by atoms with Crippen molar-refractivity contribution in [3.8, 4) is 0 Å². The van der Waals surface area contributed by atoms with Gasteiger partial charge in [0.15, 0.2) is 0 Å². The molecule has 1 heterocycles. The molecule has 1 aromatic rings. The summed E-state index contributed by atoms with van der Waals surface area (Å²) in [5, 5.41) is 3.00. The average Bonchev–Trinajstić information content (AvgIpc) is 2.92. The Balaban J connectivity index is 1.72. The van der Waals surface area contributed by atoms with E-state index in [9.17, 15) is 4.79 Å². The van der Waals surface area contributed by atoms with Gasteiger partial charge in [-0.25, -0.2) is 0 Å². The first-order chi connectivity index (χ1) is 10.1. The Morgan fingerprint density at radius 3 is 2.76 bits per heavy atom. The number of nitrogens with one attached hydrogen (secondary N) is 1. The van der Waals surface area contributed by atoms with Crippen LogP contribution < -0.4 is 11.1 Å². The number of hydrogen-bond acceptors (Lipinski definition) is 3. The SMILES string of the molecule is CC(C)[C@H](N)C(=O)NC[C@@H]1CCN(Cc2ccccc2)C1. The molecule has 1 amide bonds. The zero-order valence-corrected chi connectivity index (χ0v) is 13.1. The zero-order valence-electron chi connectivity index (χ0n) is 13.1. The van der Waals surface area contributed by atoms with E-state index in [0.29, 0.717) is 5.92 Å². The number of nitrogens with zero attached hydrogens (tertiary/aromatic N) is 1. The van der Waals surface area contributed by atoms with E-state index >= 15 is 0 Å². The van der Waals surface area contributed by atoms with Crippen molar-refractivity contribution < 1.29 is 4.79 Å². The number of carbonyl (C=O) groups is 1. The van der Waals surface area contributed by atoms with E-state index in [-0.39, 0.29) is 11.8 Å². The molecule has 0 unspecified atom stereocenters. The van der Waals surface area contributed by atoms with Gasteiger partial charge in [0.2, 0.25) is 5.91 Å². The van der Waals surface area contributed by atoms with Crippen LogP contribution in [0.2, 0.25) is 0 Å². The Morgan fingerprint density at radius 1 is 1.38 bits per heavy atom. The first kappa shape index (κ1) is 16.0. The Morgan fingerprint density at radius 2 is 2.10 bits per heavy atom. The Hall–Kier alpha value is -1.39. The fourth-order valence-electron chi connectivity index (χ4n) is 2.73. The third kappa shape index (κ3) is 4.83. The van der Waals surface area contributed by atoms with Gasteiger partial charge in [0.05, 0.1) is 6.04 Å².